The molecule has 0 radical (unpaired) electrons. The molecule has 0 bridgehead atoms. The lowest BCUT2D eigenvalue weighted by atomic mass is 9.72. The average molecular weight is 297 g/mol. The summed E-state index contributed by atoms with van der Waals surface area (Å²) in [5.41, 5.74) is 0.00603. The van der Waals surface area contributed by atoms with Crippen molar-refractivity contribution in [3.8, 4) is 0 Å². The molecule has 3 heterocycles. The molecular weight excluding hydrogens is 270 g/mol. The first-order chi connectivity index (χ1) is 10.2. The van der Waals surface area contributed by atoms with Crippen LogP contribution in [0.2, 0.25) is 0 Å². The normalized spacial score (nSPS) is 34.5. The minimum absolute atomic E-state index is 0.00603. The van der Waals surface area contributed by atoms with E-state index in [4.69, 9.17) is 14.2 Å². The third-order valence-corrected chi connectivity index (χ3v) is 5.30. The lowest BCUT2D eigenvalue weighted by Gasteiger charge is -2.50. The van der Waals surface area contributed by atoms with Crippen LogP contribution >= 0.6 is 0 Å². The Morgan fingerprint density at radius 1 is 1.29 bits per heavy atom. The lowest BCUT2D eigenvalue weighted by Crippen LogP contribution is -2.58. The van der Waals surface area contributed by atoms with Gasteiger partial charge in [-0.3, -0.25) is 4.79 Å². The summed E-state index contributed by atoms with van der Waals surface area (Å²) in [4.78, 5) is 14.8. The zero-order valence-corrected chi connectivity index (χ0v) is 13.0. The maximum absolute atomic E-state index is 12.8. The summed E-state index contributed by atoms with van der Waals surface area (Å²) in [7, 11) is 1.75. The van der Waals surface area contributed by atoms with Crippen molar-refractivity contribution in [3.05, 3.63) is 0 Å². The summed E-state index contributed by atoms with van der Waals surface area (Å²) in [6.07, 6.45) is 5.10. The maximum atomic E-state index is 12.8. The van der Waals surface area contributed by atoms with Gasteiger partial charge in [-0.2, -0.15) is 0 Å². The van der Waals surface area contributed by atoms with E-state index in [1.165, 1.54) is 0 Å². The van der Waals surface area contributed by atoms with Gasteiger partial charge < -0.3 is 19.1 Å². The van der Waals surface area contributed by atoms with Gasteiger partial charge in [0, 0.05) is 51.4 Å². The van der Waals surface area contributed by atoms with Gasteiger partial charge >= 0.3 is 0 Å². The molecule has 0 spiro atoms. The van der Waals surface area contributed by atoms with E-state index >= 15 is 0 Å². The molecule has 120 valence electrons. The summed E-state index contributed by atoms with van der Waals surface area (Å²) < 4.78 is 16.8. The second-order valence-corrected chi connectivity index (χ2v) is 6.69. The standard InChI is InChI=1S/C16H27NO4/c1-19-12-16-6-2-8-21-14(16)3-7-17(11-16)15(18)13-4-9-20-10-5-13/h13-14H,2-12H2,1H3/t14-,16-/m0/s1. The highest BCUT2D eigenvalue weighted by Crippen LogP contribution is 2.41. The van der Waals surface area contributed by atoms with Crippen molar-refractivity contribution in [2.75, 3.05) is 46.6 Å². The van der Waals surface area contributed by atoms with Gasteiger partial charge in [0.1, 0.15) is 0 Å². The molecule has 0 aromatic heterocycles. The number of hydrogen-bond donors (Lipinski definition) is 0. The first-order valence-corrected chi connectivity index (χ1v) is 8.22. The van der Waals surface area contributed by atoms with E-state index in [9.17, 15) is 4.79 Å². The van der Waals surface area contributed by atoms with E-state index in [1.807, 2.05) is 0 Å². The van der Waals surface area contributed by atoms with E-state index in [1.54, 1.807) is 7.11 Å². The number of methoxy groups -OCH3 is 1. The fourth-order valence-corrected chi connectivity index (χ4v) is 4.18. The molecular formula is C16H27NO4. The monoisotopic (exact) mass is 297 g/mol. The molecule has 5 heteroatoms. The largest absolute Gasteiger partial charge is 0.384 e. The van der Waals surface area contributed by atoms with Crippen LogP contribution in [0.4, 0.5) is 0 Å². The smallest absolute Gasteiger partial charge is 0.225 e. The molecule has 5 nitrogen and oxygen atoms in total. The molecule has 3 aliphatic heterocycles. The third-order valence-electron chi connectivity index (χ3n) is 5.30. The van der Waals surface area contributed by atoms with Crippen LogP contribution in [-0.4, -0.2) is 63.5 Å². The van der Waals surface area contributed by atoms with Crippen LogP contribution in [-0.2, 0) is 19.0 Å². The number of fused-ring (bicyclic) bond motifs is 1. The van der Waals surface area contributed by atoms with E-state index in [-0.39, 0.29) is 17.4 Å². The zero-order valence-electron chi connectivity index (χ0n) is 13.0. The Morgan fingerprint density at radius 2 is 2.10 bits per heavy atom. The van der Waals surface area contributed by atoms with Gasteiger partial charge in [-0.05, 0) is 32.1 Å². The van der Waals surface area contributed by atoms with E-state index in [0.29, 0.717) is 12.5 Å². The quantitative estimate of drug-likeness (QED) is 0.791. The Bertz CT molecular complexity index is 365. The van der Waals surface area contributed by atoms with Gasteiger partial charge in [0.15, 0.2) is 0 Å². The SMILES string of the molecule is COC[C@@]12CCCO[C@H]1CCN(C(=O)C1CCOCC1)C2. The molecule has 3 fully saturated rings. The Hall–Kier alpha value is -0.650. The van der Waals surface area contributed by atoms with Crippen LogP contribution in [0.25, 0.3) is 0 Å². The number of hydrogen-bond acceptors (Lipinski definition) is 4. The van der Waals surface area contributed by atoms with Gasteiger partial charge in [-0.1, -0.05) is 0 Å². The number of ether oxygens (including phenoxy) is 3. The average Bonchev–Trinajstić information content (AvgIpc) is 2.54. The highest BCUT2D eigenvalue weighted by atomic mass is 16.5. The first kappa shape index (κ1) is 15.3. The number of piperidine rings is 1. The van der Waals surface area contributed by atoms with Crippen molar-refractivity contribution in [1.29, 1.82) is 0 Å². The molecule has 0 saturated carbocycles. The van der Waals surface area contributed by atoms with Crippen molar-refractivity contribution >= 4 is 5.91 Å². The number of nitrogens with zero attached hydrogens (tertiary/aromatic N) is 1. The molecule has 0 aromatic carbocycles. The highest BCUT2D eigenvalue weighted by molar-refractivity contribution is 5.79. The summed E-state index contributed by atoms with van der Waals surface area (Å²) in [5.74, 6) is 0.470. The maximum Gasteiger partial charge on any atom is 0.225 e. The number of amides is 1. The number of carbonyl (C=O) groups excluding carboxylic acids is 1. The van der Waals surface area contributed by atoms with Crippen LogP contribution in [0.15, 0.2) is 0 Å². The Morgan fingerprint density at radius 3 is 2.86 bits per heavy atom. The molecule has 21 heavy (non-hydrogen) atoms. The molecule has 3 aliphatic rings. The fraction of sp³-hybridized carbons (Fsp3) is 0.938. The topological polar surface area (TPSA) is 48.0 Å². The number of likely N-dealkylation sites (tertiary alicyclic amines) is 1. The van der Waals surface area contributed by atoms with Crippen molar-refractivity contribution in [2.24, 2.45) is 11.3 Å². The molecule has 2 atom stereocenters. The highest BCUT2D eigenvalue weighted by Gasteiger charge is 2.47. The summed E-state index contributed by atoms with van der Waals surface area (Å²) in [5, 5.41) is 0. The van der Waals surface area contributed by atoms with Gasteiger partial charge in [0.25, 0.3) is 0 Å². The Balaban J connectivity index is 1.68. The van der Waals surface area contributed by atoms with Crippen LogP contribution in [0.3, 0.4) is 0 Å². The van der Waals surface area contributed by atoms with Crippen molar-refractivity contribution in [3.63, 3.8) is 0 Å². The molecule has 0 N–H and O–H groups in total. The van der Waals surface area contributed by atoms with Crippen molar-refractivity contribution in [1.82, 2.24) is 4.90 Å². The van der Waals surface area contributed by atoms with Crippen molar-refractivity contribution < 1.29 is 19.0 Å². The predicted octanol–water partition coefficient (Wildman–Crippen LogP) is 1.46. The summed E-state index contributed by atoms with van der Waals surface area (Å²) in [6.45, 7) is 4.60. The Kier molecular flexibility index (Phi) is 4.82. The molecule has 0 unspecified atom stereocenters. The molecule has 0 aromatic rings. The Labute approximate surface area is 126 Å². The minimum atomic E-state index is 0.00603. The summed E-state index contributed by atoms with van der Waals surface area (Å²) in [6, 6.07) is 0. The number of carbonyl (C=O) groups is 1. The van der Waals surface area contributed by atoms with Crippen LogP contribution in [0, 0.1) is 11.3 Å². The molecule has 1 amide bonds. The third kappa shape index (κ3) is 3.10. The minimum Gasteiger partial charge on any atom is -0.384 e. The van der Waals surface area contributed by atoms with E-state index < -0.39 is 0 Å². The predicted molar refractivity (Wildman–Crippen MR) is 78.0 cm³/mol. The second kappa shape index (κ2) is 6.63. The first-order valence-electron chi connectivity index (χ1n) is 8.22. The second-order valence-electron chi connectivity index (χ2n) is 6.69. The molecule has 3 saturated heterocycles. The zero-order chi connectivity index (χ0) is 14.7. The molecule has 0 aliphatic carbocycles. The number of rotatable bonds is 3. The van der Waals surface area contributed by atoms with E-state index in [0.717, 1.165) is 65.0 Å². The van der Waals surface area contributed by atoms with Gasteiger partial charge in [0.2, 0.25) is 5.91 Å². The van der Waals surface area contributed by atoms with E-state index in [2.05, 4.69) is 4.90 Å². The van der Waals surface area contributed by atoms with Crippen LogP contribution in [0.5, 0.6) is 0 Å². The van der Waals surface area contributed by atoms with Gasteiger partial charge in [0.05, 0.1) is 12.7 Å². The van der Waals surface area contributed by atoms with Gasteiger partial charge in [-0.15, -0.1) is 0 Å². The summed E-state index contributed by atoms with van der Waals surface area (Å²) >= 11 is 0. The van der Waals surface area contributed by atoms with Gasteiger partial charge in [-0.25, -0.2) is 0 Å². The van der Waals surface area contributed by atoms with Crippen molar-refractivity contribution in [2.45, 2.75) is 38.2 Å². The van der Waals surface area contributed by atoms with Crippen LogP contribution in [0.1, 0.15) is 32.1 Å². The lowest BCUT2D eigenvalue weighted by molar-refractivity contribution is -0.166. The fourth-order valence-electron chi connectivity index (χ4n) is 4.18. The molecule has 3 rings (SSSR count). The van der Waals surface area contributed by atoms with Crippen LogP contribution < -0.4 is 0 Å².